The number of ether oxygens (including phenoxy) is 1. The Kier molecular flexibility index (Phi) is 7.17. The minimum Gasteiger partial charge on any atom is -0.485 e. The molecule has 1 saturated heterocycles. The van der Waals surface area contributed by atoms with Gasteiger partial charge in [0.1, 0.15) is 5.75 Å². The van der Waals surface area contributed by atoms with Gasteiger partial charge in [-0.25, -0.2) is 0 Å². The maximum absolute atomic E-state index is 12.5. The van der Waals surface area contributed by atoms with E-state index in [-0.39, 0.29) is 12.5 Å². The second kappa shape index (κ2) is 10.4. The number of carbonyl (C=O) groups excluding carboxylic acids is 1. The highest BCUT2D eigenvalue weighted by Crippen LogP contribution is 2.18. The number of nitrogens with one attached hydrogen (secondary N) is 1. The van der Waals surface area contributed by atoms with Crippen LogP contribution in [0.3, 0.4) is 0 Å². The number of rotatable bonds is 8. The van der Waals surface area contributed by atoms with Crippen LogP contribution in [0.15, 0.2) is 53.1 Å². The van der Waals surface area contributed by atoms with Gasteiger partial charge in [0.25, 0.3) is 5.91 Å². The Morgan fingerprint density at radius 1 is 1.16 bits per heavy atom. The molecule has 2 aromatic carbocycles. The number of hydrogen-bond donors (Lipinski definition) is 1. The van der Waals surface area contributed by atoms with Crippen molar-refractivity contribution in [1.29, 1.82) is 0 Å². The summed E-state index contributed by atoms with van der Waals surface area (Å²) in [6.07, 6.45) is 2.63. The molecule has 1 aromatic heterocycles. The molecule has 2 heterocycles. The molecule has 3 aromatic rings. The van der Waals surface area contributed by atoms with Crippen LogP contribution in [0.1, 0.15) is 53.0 Å². The molecule has 1 fully saturated rings. The molecule has 4 rings (SSSR count). The van der Waals surface area contributed by atoms with Crippen LogP contribution in [0.25, 0.3) is 0 Å². The van der Waals surface area contributed by atoms with Gasteiger partial charge in [-0.2, -0.15) is 4.98 Å². The van der Waals surface area contributed by atoms with E-state index in [1.165, 1.54) is 31.5 Å². The third-order valence-corrected chi connectivity index (χ3v) is 5.68. The highest BCUT2D eigenvalue weighted by Gasteiger charge is 2.16. The minimum absolute atomic E-state index is 0.114. The molecular weight excluding hydrogens is 404 g/mol. The molecule has 32 heavy (non-hydrogen) atoms. The monoisotopic (exact) mass is 434 g/mol. The van der Waals surface area contributed by atoms with Crippen LogP contribution in [-0.2, 0) is 19.7 Å². The summed E-state index contributed by atoms with van der Waals surface area (Å²) in [7, 11) is 0. The maximum atomic E-state index is 12.5. The lowest BCUT2D eigenvalue weighted by Gasteiger charge is -2.30. The summed E-state index contributed by atoms with van der Waals surface area (Å²) in [5, 5.41) is 6.77. The van der Waals surface area contributed by atoms with Crippen molar-refractivity contribution < 1.29 is 14.1 Å². The van der Waals surface area contributed by atoms with Crippen LogP contribution in [0.4, 0.5) is 0 Å². The van der Waals surface area contributed by atoms with E-state index in [9.17, 15) is 4.79 Å². The fraction of sp³-hybridized carbons (Fsp3) is 0.400. The zero-order chi connectivity index (χ0) is 22.3. The van der Waals surface area contributed by atoms with Gasteiger partial charge in [-0.05, 0) is 60.7 Å². The van der Waals surface area contributed by atoms with E-state index in [0.29, 0.717) is 29.6 Å². The molecule has 0 spiro atoms. The third kappa shape index (κ3) is 6.17. The zero-order valence-corrected chi connectivity index (χ0v) is 18.7. The van der Waals surface area contributed by atoms with Gasteiger partial charge in [-0.15, -0.1) is 0 Å². The van der Waals surface area contributed by atoms with E-state index in [0.717, 1.165) is 18.0 Å². The SMILES string of the molecule is Cc1nc(COc2ccc(C(=O)NCc3ccc(CN4CCCC(C)C4)cc3)cc2)no1. The predicted molar refractivity (Wildman–Crippen MR) is 121 cm³/mol. The Morgan fingerprint density at radius 3 is 2.59 bits per heavy atom. The fourth-order valence-corrected chi connectivity index (χ4v) is 3.99. The molecule has 7 nitrogen and oxygen atoms in total. The normalized spacial score (nSPS) is 16.6. The molecule has 1 unspecified atom stereocenters. The molecule has 0 aliphatic carbocycles. The minimum atomic E-state index is -0.114. The van der Waals surface area contributed by atoms with Gasteiger partial charge in [-0.3, -0.25) is 9.69 Å². The lowest BCUT2D eigenvalue weighted by atomic mass is 9.99. The van der Waals surface area contributed by atoms with Crippen molar-refractivity contribution >= 4 is 5.91 Å². The van der Waals surface area contributed by atoms with Crippen LogP contribution in [0.2, 0.25) is 0 Å². The summed E-state index contributed by atoms with van der Waals surface area (Å²) < 4.78 is 10.5. The summed E-state index contributed by atoms with van der Waals surface area (Å²) in [5.41, 5.74) is 2.99. The van der Waals surface area contributed by atoms with Crippen LogP contribution < -0.4 is 10.1 Å². The van der Waals surface area contributed by atoms with E-state index in [1.807, 2.05) is 0 Å². The molecule has 7 heteroatoms. The summed E-state index contributed by atoms with van der Waals surface area (Å²) in [5.74, 6) is 2.30. The number of piperidine rings is 1. The molecule has 0 saturated carbocycles. The second-order valence-electron chi connectivity index (χ2n) is 8.52. The topological polar surface area (TPSA) is 80.5 Å². The number of likely N-dealkylation sites (tertiary alicyclic amines) is 1. The standard InChI is InChI=1S/C25H30N4O3/c1-18-4-3-13-29(15-18)16-21-7-5-20(6-8-21)14-26-25(30)22-9-11-23(12-10-22)31-17-24-27-19(2)32-28-24/h5-12,18H,3-4,13-17H2,1-2H3,(H,26,30). The number of amides is 1. The van der Waals surface area contributed by atoms with Crippen molar-refractivity contribution in [2.75, 3.05) is 13.1 Å². The van der Waals surface area contributed by atoms with Crippen molar-refractivity contribution in [3.63, 3.8) is 0 Å². The first-order valence-corrected chi connectivity index (χ1v) is 11.2. The van der Waals surface area contributed by atoms with Crippen LogP contribution in [-0.4, -0.2) is 34.0 Å². The molecule has 0 radical (unpaired) electrons. The Labute approximate surface area is 188 Å². The second-order valence-corrected chi connectivity index (χ2v) is 8.52. The predicted octanol–water partition coefficient (Wildman–Crippen LogP) is 4.12. The Balaban J connectivity index is 1.23. The van der Waals surface area contributed by atoms with Crippen LogP contribution >= 0.6 is 0 Å². The molecule has 1 atom stereocenters. The van der Waals surface area contributed by atoms with Gasteiger partial charge in [0.2, 0.25) is 11.7 Å². The number of aromatic nitrogens is 2. The summed E-state index contributed by atoms with van der Waals surface area (Å²) >= 11 is 0. The number of carbonyl (C=O) groups is 1. The molecule has 0 bridgehead atoms. The maximum Gasteiger partial charge on any atom is 0.251 e. The van der Waals surface area contributed by atoms with Crippen molar-refractivity contribution in [2.24, 2.45) is 5.92 Å². The van der Waals surface area contributed by atoms with E-state index in [1.54, 1.807) is 31.2 Å². The first-order chi connectivity index (χ1) is 15.5. The zero-order valence-electron chi connectivity index (χ0n) is 18.7. The highest BCUT2D eigenvalue weighted by atomic mass is 16.5. The van der Waals surface area contributed by atoms with E-state index >= 15 is 0 Å². The quantitative estimate of drug-likeness (QED) is 0.574. The number of nitrogens with zero attached hydrogens (tertiary/aromatic N) is 3. The highest BCUT2D eigenvalue weighted by molar-refractivity contribution is 5.94. The van der Waals surface area contributed by atoms with Gasteiger partial charge in [0.05, 0.1) is 0 Å². The number of benzene rings is 2. The van der Waals surface area contributed by atoms with Gasteiger partial charge >= 0.3 is 0 Å². The molecule has 1 amide bonds. The van der Waals surface area contributed by atoms with Crippen molar-refractivity contribution in [3.05, 3.63) is 76.9 Å². The van der Waals surface area contributed by atoms with E-state index < -0.39 is 0 Å². The Morgan fingerprint density at radius 2 is 1.91 bits per heavy atom. The summed E-state index contributed by atoms with van der Waals surface area (Å²) in [4.78, 5) is 19.1. The average Bonchev–Trinajstić information content (AvgIpc) is 3.22. The fourth-order valence-electron chi connectivity index (χ4n) is 3.99. The van der Waals surface area contributed by atoms with Gasteiger partial charge < -0.3 is 14.6 Å². The third-order valence-electron chi connectivity index (χ3n) is 5.68. The average molecular weight is 435 g/mol. The molecule has 1 aliphatic rings. The molecule has 1 aliphatic heterocycles. The lowest BCUT2D eigenvalue weighted by Crippen LogP contribution is -2.33. The van der Waals surface area contributed by atoms with Gasteiger partial charge in [-0.1, -0.05) is 36.3 Å². The molecular formula is C25H30N4O3. The first kappa shape index (κ1) is 22.0. The van der Waals surface area contributed by atoms with Crippen LogP contribution in [0, 0.1) is 12.8 Å². The van der Waals surface area contributed by atoms with Crippen molar-refractivity contribution in [3.8, 4) is 5.75 Å². The van der Waals surface area contributed by atoms with Crippen LogP contribution in [0.5, 0.6) is 5.75 Å². The smallest absolute Gasteiger partial charge is 0.251 e. The molecule has 1 N–H and O–H groups in total. The van der Waals surface area contributed by atoms with E-state index in [2.05, 4.69) is 51.5 Å². The Hall–Kier alpha value is -3.19. The first-order valence-electron chi connectivity index (χ1n) is 11.2. The van der Waals surface area contributed by atoms with E-state index in [4.69, 9.17) is 9.26 Å². The van der Waals surface area contributed by atoms with Crippen molar-refractivity contribution in [2.45, 2.75) is 46.4 Å². The lowest BCUT2D eigenvalue weighted by molar-refractivity contribution is 0.0951. The van der Waals surface area contributed by atoms with Gasteiger partial charge in [0.15, 0.2) is 6.61 Å². The number of aryl methyl sites for hydroxylation is 1. The number of hydrogen-bond acceptors (Lipinski definition) is 6. The summed E-state index contributed by atoms with van der Waals surface area (Å²) in [6, 6.07) is 15.5. The van der Waals surface area contributed by atoms with Crippen molar-refractivity contribution in [1.82, 2.24) is 20.4 Å². The van der Waals surface area contributed by atoms with Gasteiger partial charge in [0, 0.05) is 32.1 Å². The summed E-state index contributed by atoms with van der Waals surface area (Å²) in [6.45, 7) is 8.13. The largest absolute Gasteiger partial charge is 0.485 e. The Bertz CT molecular complexity index is 1010. The molecule has 168 valence electrons.